The molecule has 0 aliphatic heterocycles. The standard InChI is InChI=1S/C17H16N2/c1-14(17-5-3-2-4-6-17)12-19-13-16-9-7-15(11-18)8-10-16/h2-10,19H,1,12-13H2. The van der Waals surface area contributed by atoms with Gasteiger partial charge in [-0.25, -0.2) is 0 Å². The lowest BCUT2D eigenvalue weighted by atomic mass is 10.1. The van der Waals surface area contributed by atoms with Crippen LogP contribution in [-0.2, 0) is 6.54 Å². The third-order valence-corrected chi connectivity index (χ3v) is 2.93. The molecule has 2 nitrogen and oxygen atoms in total. The van der Waals surface area contributed by atoms with Gasteiger partial charge in [0.2, 0.25) is 0 Å². The Bertz CT molecular complexity index is 577. The van der Waals surface area contributed by atoms with Crippen LogP contribution >= 0.6 is 0 Å². The van der Waals surface area contributed by atoms with Gasteiger partial charge in [-0.05, 0) is 28.8 Å². The average molecular weight is 248 g/mol. The van der Waals surface area contributed by atoms with Crippen LogP contribution in [0, 0.1) is 11.3 Å². The van der Waals surface area contributed by atoms with Gasteiger partial charge in [0.1, 0.15) is 0 Å². The molecule has 2 aromatic rings. The minimum absolute atomic E-state index is 0.692. The van der Waals surface area contributed by atoms with Crippen molar-refractivity contribution >= 4 is 5.57 Å². The van der Waals surface area contributed by atoms with Gasteiger partial charge in [0.05, 0.1) is 11.6 Å². The van der Waals surface area contributed by atoms with Gasteiger partial charge in [0.15, 0.2) is 0 Å². The lowest BCUT2D eigenvalue weighted by Crippen LogP contribution is -2.15. The molecule has 2 rings (SSSR count). The summed E-state index contributed by atoms with van der Waals surface area (Å²) in [6.07, 6.45) is 0. The van der Waals surface area contributed by atoms with Crippen LogP contribution in [0.15, 0.2) is 61.2 Å². The van der Waals surface area contributed by atoms with Gasteiger partial charge in [-0.2, -0.15) is 5.26 Å². The molecule has 0 bridgehead atoms. The summed E-state index contributed by atoms with van der Waals surface area (Å²) >= 11 is 0. The molecule has 0 unspecified atom stereocenters. The van der Waals surface area contributed by atoms with E-state index in [4.69, 9.17) is 5.26 Å². The zero-order valence-electron chi connectivity index (χ0n) is 10.8. The van der Waals surface area contributed by atoms with E-state index in [-0.39, 0.29) is 0 Å². The second-order valence-corrected chi connectivity index (χ2v) is 4.38. The van der Waals surface area contributed by atoms with E-state index in [9.17, 15) is 0 Å². The van der Waals surface area contributed by atoms with E-state index in [0.29, 0.717) is 5.56 Å². The summed E-state index contributed by atoms with van der Waals surface area (Å²) in [7, 11) is 0. The second kappa shape index (κ2) is 6.53. The van der Waals surface area contributed by atoms with Crippen LogP contribution in [0.3, 0.4) is 0 Å². The first-order chi connectivity index (χ1) is 9.29. The average Bonchev–Trinajstić information content (AvgIpc) is 2.49. The Balaban J connectivity index is 1.83. The third kappa shape index (κ3) is 3.80. The largest absolute Gasteiger partial charge is 0.309 e. The number of nitrogens with one attached hydrogen (secondary N) is 1. The quantitative estimate of drug-likeness (QED) is 0.880. The Kier molecular flexibility index (Phi) is 4.49. The molecule has 0 amide bonds. The molecule has 1 N–H and O–H groups in total. The number of benzene rings is 2. The molecule has 0 heterocycles. The van der Waals surface area contributed by atoms with Crippen molar-refractivity contribution in [3.05, 3.63) is 77.9 Å². The molecule has 2 aromatic carbocycles. The summed E-state index contributed by atoms with van der Waals surface area (Å²) in [5, 5.41) is 12.1. The van der Waals surface area contributed by atoms with Crippen molar-refractivity contribution in [1.82, 2.24) is 5.32 Å². The lowest BCUT2D eigenvalue weighted by Gasteiger charge is -2.08. The van der Waals surface area contributed by atoms with E-state index in [1.165, 1.54) is 5.56 Å². The molecule has 0 fully saturated rings. The summed E-state index contributed by atoms with van der Waals surface area (Å²) in [5.41, 5.74) is 4.10. The van der Waals surface area contributed by atoms with E-state index in [0.717, 1.165) is 24.2 Å². The van der Waals surface area contributed by atoms with E-state index in [2.05, 4.69) is 30.1 Å². The monoisotopic (exact) mass is 248 g/mol. The first kappa shape index (κ1) is 13.1. The molecule has 94 valence electrons. The molecule has 0 saturated heterocycles. The second-order valence-electron chi connectivity index (χ2n) is 4.38. The number of nitrogens with zero attached hydrogens (tertiary/aromatic N) is 1. The normalized spacial score (nSPS) is 9.84. The predicted molar refractivity (Wildman–Crippen MR) is 78.3 cm³/mol. The first-order valence-corrected chi connectivity index (χ1v) is 6.22. The van der Waals surface area contributed by atoms with Crippen molar-refractivity contribution < 1.29 is 0 Å². The van der Waals surface area contributed by atoms with Crippen molar-refractivity contribution in [3.8, 4) is 6.07 Å². The molecule has 2 heteroatoms. The molecule has 0 aromatic heterocycles. The molecule has 0 aliphatic rings. The highest BCUT2D eigenvalue weighted by Gasteiger charge is 1.98. The van der Waals surface area contributed by atoms with Crippen LogP contribution in [0.4, 0.5) is 0 Å². The zero-order valence-corrected chi connectivity index (χ0v) is 10.8. The van der Waals surface area contributed by atoms with Gasteiger partial charge in [-0.1, -0.05) is 49.0 Å². The van der Waals surface area contributed by atoms with Crippen molar-refractivity contribution in [1.29, 1.82) is 5.26 Å². The zero-order chi connectivity index (χ0) is 13.5. The van der Waals surface area contributed by atoms with Gasteiger partial charge >= 0.3 is 0 Å². The van der Waals surface area contributed by atoms with E-state index in [1.807, 2.05) is 42.5 Å². The fraction of sp³-hybridized carbons (Fsp3) is 0.118. The van der Waals surface area contributed by atoms with Gasteiger partial charge in [-0.3, -0.25) is 0 Å². The summed E-state index contributed by atoms with van der Waals surface area (Å²) in [4.78, 5) is 0. The van der Waals surface area contributed by atoms with Crippen molar-refractivity contribution in [2.45, 2.75) is 6.54 Å². The summed E-state index contributed by atoms with van der Waals surface area (Å²) < 4.78 is 0. The van der Waals surface area contributed by atoms with Gasteiger partial charge in [0.25, 0.3) is 0 Å². The van der Waals surface area contributed by atoms with Gasteiger partial charge < -0.3 is 5.32 Å². The summed E-state index contributed by atoms with van der Waals surface area (Å²) in [6.45, 7) is 5.61. The van der Waals surface area contributed by atoms with Crippen LogP contribution in [0.1, 0.15) is 16.7 Å². The van der Waals surface area contributed by atoms with Crippen LogP contribution < -0.4 is 5.32 Å². The Morgan fingerprint density at radius 2 is 1.74 bits per heavy atom. The first-order valence-electron chi connectivity index (χ1n) is 6.22. The molecule has 0 aliphatic carbocycles. The highest BCUT2D eigenvalue weighted by Crippen LogP contribution is 2.10. The Labute approximate surface area is 114 Å². The number of hydrogen-bond acceptors (Lipinski definition) is 2. The molecule has 0 radical (unpaired) electrons. The van der Waals surface area contributed by atoms with Crippen LogP contribution in [0.2, 0.25) is 0 Å². The minimum Gasteiger partial charge on any atom is -0.309 e. The maximum Gasteiger partial charge on any atom is 0.0991 e. The molecule has 19 heavy (non-hydrogen) atoms. The summed E-state index contributed by atoms with van der Waals surface area (Å²) in [6, 6.07) is 19.9. The highest BCUT2D eigenvalue weighted by atomic mass is 14.8. The van der Waals surface area contributed by atoms with Crippen LogP contribution in [0.5, 0.6) is 0 Å². The Morgan fingerprint density at radius 3 is 2.37 bits per heavy atom. The topological polar surface area (TPSA) is 35.8 Å². The molecule has 0 atom stereocenters. The maximum atomic E-state index is 8.73. The van der Waals surface area contributed by atoms with Crippen molar-refractivity contribution in [2.24, 2.45) is 0 Å². The van der Waals surface area contributed by atoms with E-state index < -0.39 is 0 Å². The third-order valence-electron chi connectivity index (χ3n) is 2.93. The molecule has 0 spiro atoms. The lowest BCUT2D eigenvalue weighted by molar-refractivity contribution is 0.768. The van der Waals surface area contributed by atoms with Crippen LogP contribution in [0.25, 0.3) is 5.57 Å². The smallest absolute Gasteiger partial charge is 0.0991 e. The predicted octanol–water partition coefficient (Wildman–Crippen LogP) is 3.36. The number of nitriles is 1. The fourth-order valence-corrected chi connectivity index (χ4v) is 1.83. The van der Waals surface area contributed by atoms with E-state index >= 15 is 0 Å². The SMILES string of the molecule is C=C(CNCc1ccc(C#N)cc1)c1ccccc1. The number of rotatable bonds is 5. The Morgan fingerprint density at radius 1 is 1.05 bits per heavy atom. The van der Waals surface area contributed by atoms with Gasteiger partial charge in [-0.15, -0.1) is 0 Å². The fourth-order valence-electron chi connectivity index (χ4n) is 1.83. The Hall–Kier alpha value is -2.37. The molecular weight excluding hydrogens is 232 g/mol. The summed E-state index contributed by atoms with van der Waals surface area (Å²) in [5.74, 6) is 0. The van der Waals surface area contributed by atoms with E-state index in [1.54, 1.807) is 0 Å². The molecular formula is C17H16N2. The van der Waals surface area contributed by atoms with Gasteiger partial charge in [0, 0.05) is 13.1 Å². The maximum absolute atomic E-state index is 8.73. The van der Waals surface area contributed by atoms with Crippen molar-refractivity contribution in [2.75, 3.05) is 6.54 Å². The minimum atomic E-state index is 0.692. The van der Waals surface area contributed by atoms with Crippen LogP contribution in [-0.4, -0.2) is 6.54 Å². The highest BCUT2D eigenvalue weighted by molar-refractivity contribution is 5.64. The molecule has 0 saturated carbocycles. The van der Waals surface area contributed by atoms with Crippen molar-refractivity contribution in [3.63, 3.8) is 0 Å². The number of hydrogen-bond donors (Lipinski definition) is 1.